The lowest BCUT2D eigenvalue weighted by molar-refractivity contribution is -0.253. The van der Waals surface area contributed by atoms with Gasteiger partial charge < -0.3 is 14.5 Å². The zero-order valence-corrected chi connectivity index (χ0v) is 14.5. The first-order chi connectivity index (χ1) is 12.0. The number of nitrogens with zero attached hydrogens (tertiary/aromatic N) is 1. The van der Waals surface area contributed by atoms with Gasteiger partial charge in [-0.1, -0.05) is 12.1 Å². The lowest BCUT2D eigenvalue weighted by atomic mass is 10.0. The van der Waals surface area contributed by atoms with Crippen molar-refractivity contribution in [2.24, 2.45) is 0 Å². The van der Waals surface area contributed by atoms with E-state index in [4.69, 9.17) is 4.42 Å². The second-order valence-electron chi connectivity index (χ2n) is 5.74. The minimum Gasteiger partial charge on any atom is -0.467 e. The number of benzene rings is 1. The van der Waals surface area contributed by atoms with E-state index >= 15 is 0 Å². The van der Waals surface area contributed by atoms with E-state index in [9.17, 15) is 17.6 Å². The van der Waals surface area contributed by atoms with Crippen LogP contribution in [0.25, 0.3) is 0 Å². The number of nitrogens with one attached hydrogen (secondary N) is 1. The van der Waals surface area contributed by atoms with Crippen LogP contribution in [0.3, 0.4) is 0 Å². The molecule has 0 radical (unpaired) electrons. The van der Waals surface area contributed by atoms with E-state index < -0.39 is 12.5 Å². The molecule has 0 saturated carbocycles. The Bertz CT molecular complexity index is 679. The fourth-order valence-electron chi connectivity index (χ4n) is 2.89. The van der Waals surface area contributed by atoms with Crippen LogP contribution in [-0.2, 0) is 0 Å². The molecular formula is C17H19ClF4N2O2. The molecule has 1 aliphatic heterocycles. The quantitative estimate of drug-likeness (QED) is 0.753. The Balaban J connectivity index is 0.00000243. The molecule has 1 aliphatic rings. The zero-order chi connectivity index (χ0) is 17.9. The minimum atomic E-state index is -4.53. The van der Waals surface area contributed by atoms with Gasteiger partial charge in [0.25, 0.3) is 0 Å². The maximum atomic E-state index is 13.2. The van der Waals surface area contributed by atoms with Crippen molar-refractivity contribution in [3.63, 3.8) is 0 Å². The number of alkyl halides is 4. The van der Waals surface area contributed by atoms with Crippen molar-refractivity contribution in [2.45, 2.75) is 18.6 Å². The SMILES string of the molecule is Cl.FC(F)C(F)(F)Oc1cccc([C@H](c2ccco2)N2CCNCC2)c1. The molecule has 144 valence electrons. The molecule has 2 heterocycles. The number of furan rings is 1. The monoisotopic (exact) mass is 394 g/mol. The molecule has 1 N–H and O–H groups in total. The molecule has 0 spiro atoms. The number of hydrogen-bond acceptors (Lipinski definition) is 4. The fraction of sp³-hybridized carbons (Fsp3) is 0.412. The Morgan fingerprint density at radius 3 is 2.46 bits per heavy atom. The predicted octanol–water partition coefficient (Wildman–Crippen LogP) is 3.93. The first-order valence-corrected chi connectivity index (χ1v) is 7.90. The molecule has 2 aromatic rings. The summed E-state index contributed by atoms with van der Waals surface area (Å²) in [4.78, 5) is 2.14. The van der Waals surface area contributed by atoms with Gasteiger partial charge >= 0.3 is 12.5 Å². The maximum absolute atomic E-state index is 13.2. The molecule has 0 aliphatic carbocycles. The van der Waals surface area contributed by atoms with Crippen LogP contribution in [-0.4, -0.2) is 43.6 Å². The van der Waals surface area contributed by atoms with E-state index in [0.29, 0.717) is 11.3 Å². The molecule has 9 heteroatoms. The lowest BCUT2D eigenvalue weighted by Crippen LogP contribution is -2.45. The van der Waals surface area contributed by atoms with Crippen LogP contribution >= 0.6 is 12.4 Å². The van der Waals surface area contributed by atoms with Gasteiger partial charge in [-0.25, -0.2) is 0 Å². The third-order valence-corrected chi connectivity index (χ3v) is 4.01. The lowest BCUT2D eigenvalue weighted by Gasteiger charge is -2.34. The summed E-state index contributed by atoms with van der Waals surface area (Å²) in [7, 11) is 0. The van der Waals surface area contributed by atoms with Crippen LogP contribution in [0.5, 0.6) is 5.75 Å². The molecule has 0 bridgehead atoms. The molecular weight excluding hydrogens is 376 g/mol. The van der Waals surface area contributed by atoms with Crippen LogP contribution in [0.2, 0.25) is 0 Å². The third kappa shape index (κ3) is 4.69. The Morgan fingerprint density at radius 1 is 1.12 bits per heavy atom. The van der Waals surface area contributed by atoms with Crippen LogP contribution in [0.15, 0.2) is 47.1 Å². The number of hydrogen-bond donors (Lipinski definition) is 1. The molecule has 0 amide bonds. The molecule has 1 saturated heterocycles. The molecule has 1 aromatic carbocycles. The summed E-state index contributed by atoms with van der Waals surface area (Å²) in [5.41, 5.74) is 0.638. The Kier molecular flexibility index (Phi) is 6.91. The largest absolute Gasteiger partial charge is 0.467 e. The van der Waals surface area contributed by atoms with E-state index in [-0.39, 0.29) is 24.2 Å². The Hall–Kier alpha value is -1.77. The third-order valence-electron chi connectivity index (χ3n) is 4.01. The van der Waals surface area contributed by atoms with Crippen molar-refractivity contribution in [1.82, 2.24) is 10.2 Å². The molecule has 4 nitrogen and oxygen atoms in total. The van der Waals surface area contributed by atoms with Crippen molar-refractivity contribution in [3.05, 3.63) is 54.0 Å². The van der Waals surface area contributed by atoms with Crippen LogP contribution in [0.1, 0.15) is 17.4 Å². The van der Waals surface area contributed by atoms with Gasteiger partial charge in [-0.15, -0.1) is 12.4 Å². The van der Waals surface area contributed by atoms with E-state index in [1.54, 1.807) is 18.2 Å². The second-order valence-corrected chi connectivity index (χ2v) is 5.74. The standard InChI is InChI=1S/C17H18F4N2O2.ClH/c18-16(19)17(20,21)25-13-4-1-3-12(11-13)15(14-5-2-10-24-14)23-8-6-22-7-9-23;/h1-5,10-11,15-16,22H,6-9H2;1H/t15-;/m1./s1. The number of piperazine rings is 1. The molecule has 26 heavy (non-hydrogen) atoms. The topological polar surface area (TPSA) is 37.6 Å². The summed E-state index contributed by atoms with van der Waals surface area (Å²) in [6.45, 7) is 3.06. The average Bonchev–Trinajstić information content (AvgIpc) is 3.10. The van der Waals surface area contributed by atoms with E-state index in [2.05, 4.69) is 15.0 Å². The van der Waals surface area contributed by atoms with Crippen molar-refractivity contribution < 1.29 is 26.7 Å². The average molecular weight is 395 g/mol. The van der Waals surface area contributed by atoms with E-state index in [0.717, 1.165) is 26.2 Å². The van der Waals surface area contributed by atoms with Crippen LogP contribution in [0.4, 0.5) is 17.6 Å². The van der Waals surface area contributed by atoms with Gasteiger partial charge in [-0.3, -0.25) is 4.90 Å². The summed E-state index contributed by atoms with van der Waals surface area (Å²) in [5, 5.41) is 3.24. The summed E-state index contributed by atoms with van der Waals surface area (Å²) in [5.74, 6) is 0.342. The first-order valence-electron chi connectivity index (χ1n) is 7.90. The highest BCUT2D eigenvalue weighted by Crippen LogP contribution is 2.33. The molecule has 1 atom stereocenters. The minimum absolute atomic E-state index is 0. The van der Waals surface area contributed by atoms with Gasteiger partial charge in [0.1, 0.15) is 11.5 Å². The fourth-order valence-corrected chi connectivity index (χ4v) is 2.89. The number of rotatable bonds is 6. The van der Waals surface area contributed by atoms with Gasteiger partial charge in [0, 0.05) is 26.2 Å². The van der Waals surface area contributed by atoms with Gasteiger partial charge in [0.15, 0.2) is 0 Å². The van der Waals surface area contributed by atoms with Crippen LogP contribution in [0, 0.1) is 0 Å². The van der Waals surface area contributed by atoms with E-state index in [1.165, 1.54) is 24.5 Å². The Labute approximate surface area is 154 Å². The molecule has 1 fully saturated rings. The van der Waals surface area contributed by atoms with Gasteiger partial charge in [-0.05, 0) is 29.8 Å². The van der Waals surface area contributed by atoms with E-state index in [1.807, 2.05) is 0 Å². The summed E-state index contributed by atoms with van der Waals surface area (Å²) >= 11 is 0. The Morgan fingerprint density at radius 2 is 1.85 bits per heavy atom. The van der Waals surface area contributed by atoms with Gasteiger partial charge in [0.2, 0.25) is 0 Å². The highest BCUT2D eigenvalue weighted by atomic mass is 35.5. The van der Waals surface area contributed by atoms with Crippen LogP contribution < -0.4 is 10.1 Å². The summed E-state index contributed by atoms with van der Waals surface area (Å²) in [6.07, 6.45) is -6.89. The molecule has 3 rings (SSSR count). The van der Waals surface area contributed by atoms with Crippen molar-refractivity contribution >= 4 is 12.4 Å². The molecule has 0 unspecified atom stereocenters. The van der Waals surface area contributed by atoms with Gasteiger partial charge in [0.05, 0.1) is 12.3 Å². The van der Waals surface area contributed by atoms with Crippen molar-refractivity contribution in [3.8, 4) is 5.75 Å². The van der Waals surface area contributed by atoms with Crippen molar-refractivity contribution in [2.75, 3.05) is 26.2 Å². The first kappa shape index (κ1) is 20.5. The number of halogens is 5. The smallest absolute Gasteiger partial charge is 0.461 e. The maximum Gasteiger partial charge on any atom is 0.461 e. The summed E-state index contributed by atoms with van der Waals surface area (Å²) in [6, 6.07) is 9.07. The predicted molar refractivity (Wildman–Crippen MR) is 90.3 cm³/mol. The number of ether oxygens (including phenoxy) is 1. The summed E-state index contributed by atoms with van der Waals surface area (Å²) < 4.78 is 60.8. The normalized spacial score (nSPS) is 17.0. The highest BCUT2D eigenvalue weighted by Gasteiger charge is 2.44. The van der Waals surface area contributed by atoms with Gasteiger partial charge in [-0.2, -0.15) is 17.6 Å². The highest BCUT2D eigenvalue weighted by molar-refractivity contribution is 5.85. The second kappa shape index (κ2) is 8.75. The van der Waals surface area contributed by atoms with Crippen molar-refractivity contribution in [1.29, 1.82) is 0 Å². The zero-order valence-electron chi connectivity index (χ0n) is 13.7. The molecule has 1 aromatic heterocycles.